The molecule has 0 fully saturated rings. The molecule has 2 unspecified atom stereocenters. The molecule has 1 aromatic rings. The van der Waals surface area contributed by atoms with Gasteiger partial charge in [0.1, 0.15) is 5.78 Å². The Morgan fingerprint density at radius 3 is 2.20 bits per heavy atom. The summed E-state index contributed by atoms with van der Waals surface area (Å²) in [4.78, 5) is 12.1. The molecular weight excluding hydrogens is 274 g/mol. The van der Waals surface area contributed by atoms with Gasteiger partial charge in [-0.2, -0.15) is 0 Å². The molecule has 2 N–H and O–H groups in total. The highest BCUT2D eigenvalue weighted by atomic mass is 32.2. The Morgan fingerprint density at radius 1 is 1.15 bits per heavy atom. The molecule has 0 spiro atoms. The van der Waals surface area contributed by atoms with Gasteiger partial charge >= 0.3 is 0 Å². The van der Waals surface area contributed by atoms with Crippen LogP contribution in [0.3, 0.4) is 0 Å². The zero-order chi connectivity index (χ0) is 15.3. The Bertz CT molecular complexity index is 537. The molecule has 4 nitrogen and oxygen atoms in total. The van der Waals surface area contributed by atoms with Crippen LogP contribution in [0.1, 0.15) is 38.8 Å². The normalized spacial score (nSPS) is 15.1. The first kappa shape index (κ1) is 16.9. The standard InChI is InChI=1S/C15H23NO3S/c1-11(2)20(18,19)10-9-14(17)12(3)15(16)13-7-5-4-6-8-13/h4-8,11-12,15H,9-10,16H2,1-3H3. The van der Waals surface area contributed by atoms with Crippen LogP contribution in [0.5, 0.6) is 0 Å². The summed E-state index contributed by atoms with van der Waals surface area (Å²) < 4.78 is 23.4. The van der Waals surface area contributed by atoms with Crippen molar-refractivity contribution in [3.05, 3.63) is 35.9 Å². The van der Waals surface area contributed by atoms with E-state index >= 15 is 0 Å². The minimum atomic E-state index is -3.18. The van der Waals surface area contributed by atoms with Gasteiger partial charge in [0.05, 0.1) is 11.0 Å². The van der Waals surface area contributed by atoms with Crippen LogP contribution in [0.2, 0.25) is 0 Å². The number of hydrogen-bond donors (Lipinski definition) is 1. The van der Waals surface area contributed by atoms with E-state index in [1.807, 2.05) is 30.3 Å². The third-order valence-electron chi connectivity index (χ3n) is 3.58. The van der Waals surface area contributed by atoms with Crippen molar-refractivity contribution in [2.45, 2.75) is 38.5 Å². The summed E-state index contributed by atoms with van der Waals surface area (Å²) in [5, 5.41) is -0.451. The van der Waals surface area contributed by atoms with E-state index in [-0.39, 0.29) is 23.9 Å². The van der Waals surface area contributed by atoms with Crippen LogP contribution in [-0.4, -0.2) is 25.2 Å². The van der Waals surface area contributed by atoms with E-state index < -0.39 is 21.1 Å². The molecule has 2 atom stereocenters. The fourth-order valence-corrected chi connectivity index (χ4v) is 2.83. The number of ketones is 1. The van der Waals surface area contributed by atoms with E-state index in [1.54, 1.807) is 20.8 Å². The molecule has 0 aliphatic carbocycles. The third-order valence-corrected chi connectivity index (χ3v) is 5.79. The second-order valence-corrected chi connectivity index (χ2v) is 8.03. The van der Waals surface area contributed by atoms with Gasteiger partial charge in [0.2, 0.25) is 0 Å². The maximum absolute atomic E-state index is 12.1. The highest BCUT2D eigenvalue weighted by molar-refractivity contribution is 7.91. The van der Waals surface area contributed by atoms with E-state index in [0.717, 1.165) is 5.56 Å². The first-order valence-electron chi connectivity index (χ1n) is 6.80. The smallest absolute Gasteiger partial charge is 0.153 e. The average molecular weight is 297 g/mol. The third kappa shape index (κ3) is 4.42. The fraction of sp³-hybridized carbons (Fsp3) is 0.533. The molecule has 0 amide bonds. The van der Waals surface area contributed by atoms with E-state index in [2.05, 4.69) is 0 Å². The maximum atomic E-state index is 12.1. The van der Waals surface area contributed by atoms with Crippen LogP contribution < -0.4 is 5.73 Å². The topological polar surface area (TPSA) is 77.2 Å². The monoisotopic (exact) mass is 297 g/mol. The molecule has 0 radical (unpaired) electrons. The van der Waals surface area contributed by atoms with Crippen molar-refractivity contribution in [3.63, 3.8) is 0 Å². The molecule has 1 aromatic carbocycles. The van der Waals surface area contributed by atoms with Gasteiger partial charge in [-0.1, -0.05) is 37.3 Å². The van der Waals surface area contributed by atoms with Crippen LogP contribution in [0.25, 0.3) is 0 Å². The molecule has 5 heteroatoms. The number of sulfone groups is 1. The molecule has 0 saturated carbocycles. The molecule has 112 valence electrons. The lowest BCUT2D eigenvalue weighted by molar-refractivity contribution is -0.122. The summed E-state index contributed by atoms with van der Waals surface area (Å²) >= 11 is 0. The van der Waals surface area contributed by atoms with E-state index in [1.165, 1.54) is 0 Å². The first-order chi connectivity index (χ1) is 9.25. The minimum absolute atomic E-state index is 0.0300. The summed E-state index contributed by atoms with van der Waals surface area (Å²) in [6.45, 7) is 5.00. The minimum Gasteiger partial charge on any atom is -0.323 e. The predicted molar refractivity (Wildman–Crippen MR) is 81.1 cm³/mol. The Hall–Kier alpha value is -1.20. The van der Waals surface area contributed by atoms with Crippen molar-refractivity contribution < 1.29 is 13.2 Å². The van der Waals surface area contributed by atoms with Gasteiger partial charge in [-0.15, -0.1) is 0 Å². The Balaban J connectivity index is 2.64. The lowest BCUT2D eigenvalue weighted by atomic mass is 9.91. The molecule has 1 rings (SSSR count). The van der Waals surface area contributed by atoms with Crippen LogP contribution >= 0.6 is 0 Å². The van der Waals surface area contributed by atoms with Gasteiger partial charge in [-0.05, 0) is 19.4 Å². The molecule has 0 saturated heterocycles. The number of rotatable bonds is 7. The summed E-state index contributed by atoms with van der Waals surface area (Å²) in [5.74, 6) is -0.597. The molecule has 0 aliphatic heterocycles. The quantitative estimate of drug-likeness (QED) is 0.836. The van der Waals surface area contributed by atoms with Crippen molar-refractivity contribution in [1.29, 1.82) is 0 Å². The summed E-state index contributed by atoms with van der Waals surface area (Å²) in [5.41, 5.74) is 6.96. The maximum Gasteiger partial charge on any atom is 0.153 e. The molecule has 0 bridgehead atoms. The largest absolute Gasteiger partial charge is 0.323 e. The lowest BCUT2D eigenvalue weighted by Crippen LogP contribution is -2.28. The van der Waals surface area contributed by atoms with E-state index in [0.29, 0.717) is 0 Å². The highest BCUT2D eigenvalue weighted by Gasteiger charge is 2.24. The Labute approximate surface area is 121 Å². The molecule has 20 heavy (non-hydrogen) atoms. The number of hydrogen-bond acceptors (Lipinski definition) is 4. The summed E-state index contributed by atoms with van der Waals surface area (Å²) in [6.07, 6.45) is 0.0300. The number of carbonyl (C=O) groups excluding carboxylic acids is 1. The van der Waals surface area contributed by atoms with Gasteiger partial charge in [0.15, 0.2) is 9.84 Å². The van der Waals surface area contributed by atoms with Gasteiger partial charge in [0.25, 0.3) is 0 Å². The van der Waals surface area contributed by atoms with E-state index in [9.17, 15) is 13.2 Å². The van der Waals surface area contributed by atoms with Crippen molar-refractivity contribution in [3.8, 4) is 0 Å². The number of benzene rings is 1. The van der Waals surface area contributed by atoms with Crippen LogP contribution in [0.4, 0.5) is 0 Å². The fourth-order valence-electron chi connectivity index (χ4n) is 1.87. The Kier molecular flexibility index (Phi) is 5.89. The van der Waals surface area contributed by atoms with E-state index in [4.69, 9.17) is 5.73 Å². The second kappa shape index (κ2) is 6.99. The molecule has 0 aromatic heterocycles. The van der Waals surface area contributed by atoms with Gasteiger partial charge in [0, 0.05) is 18.4 Å². The number of Topliss-reactive ketones (excluding diaryl/α,β-unsaturated/α-hetero) is 1. The van der Waals surface area contributed by atoms with Crippen molar-refractivity contribution >= 4 is 15.6 Å². The number of carbonyl (C=O) groups is 1. The zero-order valence-corrected chi connectivity index (χ0v) is 13.1. The SMILES string of the molecule is CC(C(=O)CCS(=O)(=O)C(C)C)C(N)c1ccccc1. The van der Waals surface area contributed by atoms with Crippen molar-refractivity contribution in [1.82, 2.24) is 0 Å². The Morgan fingerprint density at radius 2 is 1.70 bits per heavy atom. The second-order valence-electron chi connectivity index (χ2n) is 5.36. The average Bonchev–Trinajstić information content (AvgIpc) is 2.44. The summed E-state index contributed by atoms with van der Waals surface area (Å²) in [6, 6.07) is 8.98. The van der Waals surface area contributed by atoms with Gasteiger partial charge in [-0.25, -0.2) is 8.42 Å². The highest BCUT2D eigenvalue weighted by Crippen LogP contribution is 2.21. The molecule has 0 aliphatic rings. The molecular formula is C15H23NO3S. The van der Waals surface area contributed by atoms with Gasteiger partial charge < -0.3 is 5.73 Å². The summed E-state index contributed by atoms with van der Waals surface area (Å²) in [7, 11) is -3.18. The van der Waals surface area contributed by atoms with Crippen molar-refractivity contribution in [2.24, 2.45) is 11.7 Å². The predicted octanol–water partition coefficient (Wildman–Crippen LogP) is 2.10. The van der Waals surface area contributed by atoms with Crippen LogP contribution in [0.15, 0.2) is 30.3 Å². The zero-order valence-electron chi connectivity index (χ0n) is 12.2. The molecule has 0 heterocycles. The van der Waals surface area contributed by atoms with Crippen LogP contribution in [-0.2, 0) is 14.6 Å². The lowest BCUT2D eigenvalue weighted by Gasteiger charge is -2.19. The van der Waals surface area contributed by atoms with Crippen LogP contribution in [0, 0.1) is 5.92 Å². The first-order valence-corrected chi connectivity index (χ1v) is 8.52. The van der Waals surface area contributed by atoms with Crippen molar-refractivity contribution in [2.75, 3.05) is 5.75 Å². The number of nitrogens with two attached hydrogens (primary N) is 1. The van der Waals surface area contributed by atoms with Gasteiger partial charge in [-0.3, -0.25) is 4.79 Å².